The Hall–Kier alpha value is -1.10. The summed E-state index contributed by atoms with van der Waals surface area (Å²) in [5, 5.41) is 2.84. The molecule has 2 fully saturated rings. The van der Waals surface area contributed by atoms with Crippen LogP contribution in [0.3, 0.4) is 0 Å². The number of hydrogen-bond acceptors (Lipinski definition) is 3. The van der Waals surface area contributed by atoms with Gasteiger partial charge in [0.25, 0.3) is 0 Å². The van der Waals surface area contributed by atoms with Crippen LogP contribution < -0.4 is 5.32 Å². The number of nitrogens with one attached hydrogen (secondary N) is 1. The molecule has 18 heavy (non-hydrogen) atoms. The third kappa shape index (κ3) is 2.83. The first-order valence-corrected chi connectivity index (χ1v) is 6.68. The normalized spacial score (nSPS) is 23.6. The van der Waals surface area contributed by atoms with Crippen molar-refractivity contribution in [3.8, 4) is 0 Å². The molecule has 5 heteroatoms. The molecule has 0 aromatic heterocycles. The van der Waals surface area contributed by atoms with Crippen LogP contribution in [-0.2, 0) is 9.59 Å². The van der Waals surface area contributed by atoms with E-state index in [2.05, 4.69) is 5.32 Å². The van der Waals surface area contributed by atoms with Crippen molar-refractivity contribution in [3.63, 3.8) is 0 Å². The van der Waals surface area contributed by atoms with Gasteiger partial charge in [-0.1, -0.05) is 0 Å². The highest BCUT2D eigenvalue weighted by Gasteiger charge is 2.38. The molecule has 0 unspecified atom stereocenters. The van der Waals surface area contributed by atoms with E-state index in [0.717, 1.165) is 13.1 Å². The first-order valence-electron chi connectivity index (χ1n) is 6.68. The molecule has 2 amide bonds. The van der Waals surface area contributed by atoms with Gasteiger partial charge in [0.05, 0.1) is 12.1 Å². The van der Waals surface area contributed by atoms with Crippen molar-refractivity contribution in [1.82, 2.24) is 15.1 Å². The monoisotopic (exact) mass is 253 g/mol. The standard InChI is InChI=1S/C13H23N3O2/c1-13(2)12(18)14-6-7-16(13)9-11(17)15(3)8-10-4-5-10/h10H,4-9H2,1-3H3,(H,14,18). The highest BCUT2D eigenvalue weighted by molar-refractivity contribution is 5.87. The number of carbonyl (C=O) groups is 2. The van der Waals surface area contributed by atoms with Crippen LogP contribution in [0.2, 0.25) is 0 Å². The maximum Gasteiger partial charge on any atom is 0.240 e. The second-order valence-corrected chi connectivity index (χ2v) is 5.95. The molecule has 102 valence electrons. The number of carbonyl (C=O) groups excluding carboxylic acids is 2. The molecular weight excluding hydrogens is 230 g/mol. The minimum absolute atomic E-state index is 0.00592. The van der Waals surface area contributed by atoms with Crippen molar-refractivity contribution in [1.29, 1.82) is 0 Å². The molecule has 1 aliphatic heterocycles. The number of piperazine rings is 1. The number of hydrogen-bond donors (Lipinski definition) is 1. The maximum absolute atomic E-state index is 12.1. The molecule has 1 saturated carbocycles. The van der Waals surface area contributed by atoms with E-state index in [0.29, 0.717) is 19.0 Å². The summed E-state index contributed by atoms with van der Waals surface area (Å²) in [6, 6.07) is 0. The number of amides is 2. The van der Waals surface area contributed by atoms with Crippen LogP contribution in [0.4, 0.5) is 0 Å². The molecule has 0 aromatic rings. The Morgan fingerprint density at radius 3 is 2.78 bits per heavy atom. The average Bonchev–Trinajstić information content (AvgIpc) is 3.09. The Balaban J connectivity index is 1.90. The molecule has 1 N–H and O–H groups in total. The van der Waals surface area contributed by atoms with E-state index >= 15 is 0 Å². The number of rotatable bonds is 4. The molecule has 0 atom stereocenters. The van der Waals surface area contributed by atoms with Crippen LogP contribution in [0.25, 0.3) is 0 Å². The summed E-state index contributed by atoms with van der Waals surface area (Å²) in [4.78, 5) is 27.7. The summed E-state index contributed by atoms with van der Waals surface area (Å²) >= 11 is 0. The first kappa shape index (κ1) is 13.3. The lowest BCUT2D eigenvalue weighted by molar-refractivity contribution is -0.140. The molecule has 2 rings (SSSR count). The van der Waals surface area contributed by atoms with Crippen molar-refractivity contribution >= 4 is 11.8 Å². The Morgan fingerprint density at radius 2 is 2.17 bits per heavy atom. The van der Waals surface area contributed by atoms with Crippen molar-refractivity contribution in [2.24, 2.45) is 5.92 Å². The molecule has 1 heterocycles. The predicted molar refractivity (Wildman–Crippen MR) is 69.0 cm³/mol. The molecule has 0 spiro atoms. The summed E-state index contributed by atoms with van der Waals surface area (Å²) in [5.41, 5.74) is -0.589. The van der Waals surface area contributed by atoms with E-state index in [-0.39, 0.29) is 11.8 Å². The third-order valence-corrected chi connectivity index (χ3v) is 3.99. The smallest absolute Gasteiger partial charge is 0.240 e. The van der Waals surface area contributed by atoms with E-state index in [1.165, 1.54) is 12.8 Å². The molecular formula is C13H23N3O2. The molecule has 0 radical (unpaired) electrons. The van der Waals surface area contributed by atoms with Gasteiger partial charge in [-0.3, -0.25) is 14.5 Å². The largest absolute Gasteiger partial charge is 0.353 e. The fourth-order valence-corrected chi connectivity index (χ4v) is 2.29. The van der Waals surface area contributed by atoms with E-state index in [9.17, 15) is 9.59 Å². The zero-order valence-corrected chi connectivity index (χ0v) is 11.5. The number of nitrogens with zero attached hydrogens (tertiary/aromatic N) is 2. The van der Waals surface area contributed by atoms with Crippen LogP contribution in [0.15, 0.2) is 0 Å². The highest BCUT2D eigenvalue weighted by atomic mass is 16.2. The van der Waals surface area contributed by atoms with Crippen molar-refractivity contribution in [2.45, 2.75) is 32.2 Å². The van der Waals surface area contributed by atoms with Gasteiger partial charge in [0.2, 0.25) is 11.8 Å². The summed E-state index contributed by atoms with van der Waals surface area (Å²) in [6.45, 7) is 6.30. The van der Waals surface area contributed by atoms with E-state index in [1.807, 2.05) is 25.8 Å². The van der Waals surface area contributed by atoms with Gasteiger partial charge in [-0.15, -0.1) is 0 Å². The topological polar surface area (TPSA) is 52.7 Å². The quantitative estimate of drug-likeness (QED) is 0.771. The lowest BCUT2D eigenvalue weighted by Crippen LogP contribution is -2.63. The summed E-state index contributed by atoms with van der Waals surface area (Å²) in [6.07, 6.45) is 2.49. The summed E-state index contributed by atoms with van der Waals surface area (Å²) in [5.74, 6) is 0.827. The first-order chi connectivity index (χ1) is 8.41. The van der Waals surface area contributed by atoms with Crippen LogP contribution in [-0.4, -0.2) is 60.4 Å². The average molecular weight is 253 g/mol. The Bertz CT molecular complexity index is 350. The van der Waals surface area contributed by atoms with Gasteiger partial charge in [0.1, 0.15) is 0 Å². The van der Waals surface area contributed by atoms with Gasteiger partial charge < -0.3 is 10.2 Å². The second kappa shape index (κ2) is 4.88. The summed E-state index contributed by atoms with van der Waals surface area (Å²) < 4.78 is 0. The van der Waals surface area contributed by atoms with Gasteiger partial charge in [0.15, 0.2) is 0 Å². The lowest BCUT2D eigenvalue weighted by Gasteiger charge is -2.41. The van der Waals surface area contributed by atoms with E-state index in [4.69, 9.17) is 0 Å². The Morgan fingerprint density at radius 1 is 1.50 bits per heavy atom. The predicted octanol–water partition coefficient (Wildman–Crippen LogP) is 0.0652. The van der Waals surface area contributed by atoms with Gasteiger partial charge in [-0.05, 0) is 32.6 Å². The molecule has 5 nitrogen and oxygen atoms in total. The fraction of sp³-hybridized carbons (Fsp3) is 0.846. The highest BCUT2D eigenvalue weighted by Crippen LogP contribution is 2.29. The Labute approximate surface area is 108 Å². The molecule has 1 aliphatic carbocycles. The maximum atomic E-state index is 12.1. The SMILES string of the molecule is CN(CC1CC1)C(=O)CN1CCNC(=O)C1(C)C. The van der Waals surface area contributed by atoms with Gasteiger partial charge >= 0.3 is 0 Å². The molecule has 0 bridgehead atoms. The lowest BCUT2D eigenvalue weighted by atomic mass is 9.99. The third-order valence-electron chi connectivity index (χ3n) is 3.99. The van der Waals surface area contributed by atoms with Gasteiger partial charge in [0, 0.05) is 26.7 Å². The van der Waals surface area contributed by atoms with Crippen molar-refractivity contribution in [3.05, 3.63) is 0 Å². The van der Waals surface area contributed by atoms with Crippen LogP contribution >= 0.6 is 0 Å². The van der Waals surface area contributed by atoms with Crippen molar-refractivity contribution in [2.75, 3.05) is 33.2 Å². The van der Waals surface area contributed by atoms with Gasteiger partial charge in [-0.25, -0.2) is 0 Å². The van der Waals surface area contributed by atoms with Crippen LogP contribution in [0.5, 0.6) is 0 Å². The van der Waals surface area contributed by atoms with Crippen LogP contribution in [0.1, 0.15) is 26.7 Å². The van der Waals surface area contributed by atoms with E-state index in [1.54, 1.807) is 4.90 Å². The minimum Gasteiger partial charge on any atom is -0.353 e. The zero-order chi connectivity index (χ0) is 13.3. The summed E-state index contributed by atoms with van der Waals surface area (Å²) in [7, 11) is 1.86. The van der Waals surface area contributed by atoms with Crippen molar-refractivity contribution < 1.29 is 9.59 Å². The second-order valence-electron chi connectivity index (χ2n) is 5.95. The molecule has 1 saturated heterocycles. The van der Waals surface area contributed by atoms with E-state index < -0.39 is 5.54 Å². The molecule has 0 aromatic carbocycles. The fourth-order valence-electron chi connectivity index (χ4n) is 2.29. The van der Waals surface area contributed by atoms with Gasteiger partial charge in [-0.2, -0.15) is 0 Å². The van der Waals surface area contributed by atoms with Crippen LogP contribution in [0, 0.1) is 5.92 Å². The molecule has 2 aliphatic rings. The minimum atomic E-state index is -0.589. The Kier molecular flexibility index (Phi) is 3.61. The zero-order valence-electron chi connectivity index (χ0n) is 11.5. The number of likely N-dealkylation sites (N-methyl/N-ethyl adjacent to an activating group) is 1.